The van der Waals surface area contributed by atoms with Gasteiger partial charge in [-0.25, -0.2) is 4.98 Å². The zero-order chi connectivity index (χ0) is 13.1. The number of thiophene rings is 1. The van der Waals surface area contributed by atoms with Crippen LogP contribution in [0.5, 0.6) is 0 Å². The van der Waals surface area contributed by atoms with Gasteiger partial charge in [-0.3, -0.25) is 0 Å². The van der Waals surface area contributed by atoms with Gasteiger partial charge < -0.3 is 10.1 Å². The van der Waals surface area contributed by atoms with Crippen LogP contribution >= 0.6 is 22.9 Å². The number of nitrogens with one attached hydrogen (secondary N) is 1. The van der Waals surface area contributed by atoms with Gasteiger partial charge in [0.2, 0.25) is 5.28 Å². The van der Waals surface area contributed by atoms with E-state index in [0.29, 0.717) is 11.4 Å². The third kappa shape index (κ3) is 3.16. The number of aromatic nitrogens is 2. The minimum atomic E-state index is 0.294. The van der Waals surface area contributed by atoms with E-state index in [2.05, 4.69) is 15.3 Å². The predicted molar refractivity (Wildman–Crippen MR) is 79.1 cm³/mol. The fraction of sp³-hybridized carbons (Fsp3) is 0.538. The summed E-state index contributed by atoms with van der Waals surface area (Å²) in [5, 5.41) is 5.66. The smallest absolute Gasteiger partial charge is 0.224 e. The average molecular weight is 298 g/mol. The molecule has 6 heteroatoms. The lowest BCUT2D eigenvalue weighted by molar-refractivity contribution is 0.0134. The first-order valence-corrected chi connectivity index (χ1v) is 7.85. The first kappa shape index (κ1) is 13.1. The molecule has 0 saturated carbocycles. The highest BCUT2D eigenvalue weighted by molar-refractivity contribution is 7.17. The summed E-state index contributed by atoms with van der Waals surface area (Å²) in [4.78, 5) is 8.46. The second-order valence-electron chi connectivity index (χ2n) is 4.68. The number of anilines is 1. The molecular formula is C13H16ClN3OS. The van der Waals surface area contributed by atoms with Gasteiger partial charge in [0, 0.05) is 13.2 Å². The molecule has 4 nitrogen and oxygen atoms in total. The van der Waals surface area contributed by atoms with Gasteiger partial charge in [-0.15, -0.1) is 11.3 Å². The molecule has 0 aliphatic carbocycles. The molecule has 0 spiro atoms. The van der Waals surface area contributed by atoms with E-state index < -0.39 is 0 Å². The maximum absolute atomic E-state index is 5.93. The van der Waals surface area contributed by atoms with Crippen molar-refractivity contribution in [2.45, 2.75) is 31.8 Å². The monoisotopic (exact) mass is 297 g/mol. The molecular weight excluding hydrogens is 282 g/mol. The second-order valence-corrected chi connectivity index (χ2v) is 5.93. The first-order valence-electron chi connectivity index (χ1n) is 6.59. The zero-order valence-electron chi connectivity index (χ0n) is 10.6. The maximum atomic E-state index is 5.93. The van der Waals surface area contributed by atoms with Crippen LogP contribution in [0.4, 0.5) is 5.82 Å². The Labute approximate surface area is 121 Å². The number of fused-ring (bicyclic) bond motifs is 1. The largest absolute Gasteiger partial charge is 0.378 e. The third-order valence-corrected chi connectivity index (χ3v) is 4.39. The lowest BCUT2D eigenvalue weighted by Gasteiger charge is -2.22. The second kappa shape index (κ2) is 6.03. The standard InChI is InChI=1S/C13H16ClN3OS/c14-13-16-10-5-8-19-11(10)12(17-13)15-6-4-9-3-1-2-7-18-9/h5,8-9H,1-4,6-7H2,(H,15,16,17). The molecule has 1 fully saturated rings. The van der Waals surface area contributed by atoms with Crippen molar-refractivity contribution >= 4 is 39.0 Å². The minimum absolute atomic E-state index is 0.294. The molecule has 3 heterocycles. The molecule has 1 aliphatic heterocycles. The first-order chi connectivity index (χ1) is 9.33. The Kier molecular flexibility index (Phi) is 4.15. The summed E-state index contributed by atoms with van der Waals surface area (Å²) in [5.41, 5.74) is 0.904. The van der Waals surface area contributed by atoms with Crippen LogP contribution in [-0.4, -0.2) is 29.2 Å². The summed E-state index contributed by atoms with van der Waals surface area (Å²) < 4.78 is 6.78. The summed E-state index contributed by atoms with van der Waals surface area (Å²) >= 11 is 7.56. The highest BCUT2D eigenvalue weighted by Crippen LogP contribution is 2.27. The van der Waals surface area contributed by atoms with Crippen molar-refractivity contribution in [3.63, 3.8) is 0 Å². The molecule has 1 saturated heterocycles. The lowest BCUT2D eigenvalue weighted by atomic mass is 10.1. The van der Waals surface area contributed by atoms with Gasteiger partial charge in [0.25, 0.3) is 0 Å². The van der Waals surface area contributed by atoms with E-state index in [0.717, 1.165) is 35.6 Å². The topological polar surface area (TPSA) is 47.0 Å². The molecule has 2 aromatic heterocycles. The van der Waals surface area contributed by atoms with Gasteiger partial charge in [-0.1, -0.05) is 0 Å². The normalized spacial score (nSPS) is 19.7. The summed E-state index contributed by atoms with van der Waals surface area (Å²) in [6.07, 6.45) is 5.03. The van der Waals surface area contributed by atoms with E-state index in [1.54, 1.807) is 11.3 Å². The summed E-state index contributed by atoms with van der Waals surface area (Å²) in [6, 6.07) is 1.96. The Morgan fingerprint density at radius 1 is 1.42 bits per heavy atom. The van der Waals surface area contributed by atoms with Crippen molar-refractivity contribution in [1.82, 2.24) is 9.97 Å². The van der Waals surface area contributed by atoms with Gasteiger partial charge in [-0.05, 0) is 48.7 Å². The van der Waals surface area contributed by atoms with E-state index in [1.807, 2.05) is 11.4 Å². The molecule has 1 N–H and O–H groups in total. The van der Waals surface area contributed by atoms with Crippen LogP contribution in [0, 0.1) is 0 Å². The summed E-state index contributed by atoms with van der Waals surface area (Å²) in [6.45, 7) is 1.75. The van der Waals surface area contributed by atoms with Crippen LogP contribution < -0.4 is 5.32 Å². The summed E-state index contributed by atoms with van der Waals surface area (Å²) in [5.74, 6) is 0.834. The molecule has 102 valence electrons. The van der Waals surface area contributed by atoms with Crippen LogP contribution in [0.25, 0.3) is 10.2 Å². The van der Waals surface area contributed by atoms with E-state index in [4.69, 9.17) is 16.3 Å². The van der Waals surface area contributed by atoms with Gasteiger partial charge in [0.1, 0.15) is 5.82 Å². The van der Waals surface area contributed by atoms with Crippen molar-refractivity contribution in [2.75, 3.05) is 18.5 Å². The molecule has 19 heavy (non-hydrogen) atoms. The third-order valence-electron chi connectivity index (χ3n) is 3.31. The molecule has 3 rings (SSSR count). The SMILES string of the molecule is Clc1nc(NCCC2CCCCO2)c2sccc2n1. The molecule has 0 radical (unpaired) electrons. The predicted octanol–water partition coefficient (Wildman–Crippen LogP) is 3.72. The van der Waals surface area contributed by atoms with E-state index in [9.17, 15) is 0 Å². The molecule has 1 unspecified atom stereocenters. The van der Waals surface area contributed by atoms with Crippen LogP contribution in [0.15, 0.2) is 11.4 Å². The van der Waals surface area contributed by atoms with Crippen molar-refractivity contribution in [2.24, 2.45) is 0 Å². The molecule has 1 aliphatic rings. The quantitative estimate of drug-likeness (QED) is 0.874. The Hall–Kier alpha value is -0.910. The van der Waals surface area contributed by atoms with Crippen molar-refractivity contribution < 1.29 is 4.74 Å². The van der Waals surface area contributed by atoms with Crippen LogP contribution in [0.1, 0.15) is 25.7 Å². The molecule has 0 aromatic carbocycles. The number of nitrogens with zero attached hydrogens (tertiary/aromatic N) is 2. The van der Waals surface area contributed by atoms with Crippen molar-refractivity contribution in [3.8, 4) is 0 Å². The number of ether oxygens (including phenoxy) is 1. The van der Waals surface area contributed by atoms with Gasteiger partial charge in [-0.2, -0.15) is 4.98 Å². The fourth-order valence-electron chi connectivity index (χ4n) is 2.34. The van der Waals surface area contributed by atoms with Gasteiger partial charge in [0.15, 0.2) is 0 Å². The zero-order valence-corrected chi connectivity index (χ0v) is 12.1. The molecule has 0 amide bonds. The molecule has 1 atom stereocenters. The Morgan fingerprint density at radius 2 is 2.37 bits per heavy atom. The highest BCUT2D eigenvalue weighted by atomic mass is 35.5. The number of rotatable bonds is 4. The van der Waals surface area contributed by atoms with E-state index in [-0.39, 0.29) is 0 Å². The maximum Gasteiger partial charge on any atom is 0.224 e. The molecule has 2 aromatic rings. The van der Waals surface area contributed by atoms with E-state index in [1.165, 1.54) is 19.3 Å². The fourth-order valence-corrected chi connectivity index (χ4v) is 3.31. The minimum Gasteiger partial charge on any atom is -0.378 e. The average Bonchev–Trinajstić information content (AvgIpc) is 2.88. The van der Waals surface area contributed by atoms with Crippen LogP contribution in [0.2, 0.25) is 5.28 Å². The van der Waals surface area contributed by atoms with Crippen LogP contribution in [0.3, 0.4) is 0 Å². The van der Waals surface area contributed by atoms with Crippen molar-refractivity contribution in [1.29, 1.82) is 0 Å². The summed E-state index contributed by atoms with van der Waals surface area (Å²) in [7, 11) is 0. The van der Waals surface area contributed by atoms with E-state index >= 15 is 0 Å². The number of hydrogen-bond acceptors (Lipinski definition) is 5. The highest BCUT2D eigenvalue weighted by Gasteiger charge is 2.14. The molecule has 0 bridgehead atoms. The Bertz CT molecular complexity index is 554. The number of hydrogen-bond donors (Lipinski definition) is 1. The lowest BCUT2D eigenvalue weighted by Crippen LogP contribution is -2.22. The Balaban J connectivity index is 1.63. The van der Waals surface area contributed by atoms with Crippen LogP contribution in [-0.2, 0) is 4.74 Å². The van der Waals surface area contributed by atoms with Gasteiger partial charge >= 0.3 is 0 Å². The van der Waals surface area contributed by atoms with Crippen molar-refractivity contribution in [3.05, 3.63) is 16.7 Å². The Morgan fingerprint density at radius 3 is 3.21 bits per heavy atom. The number of halogens is 1. The van der Waals surface area contributed by atoms with Gasteiger partial charge in [0.05, 0.1) is 16.3 Å².